The van der Waals surface area contributed by atoms with Crippen molar-refractivity contribution in [2.75, 3.05) is 23.4 Å². The van der Waals surface area contributed by atoms with Crippen molar-refractivity contribution in [3.8, 4) is 0 Å². The number of halogens is 1. The molecule has 2 N–H and O–H groups in total. The number of carbonyl (C=O) groups is 1. The lowest BCUT2D eigenvalue weighted by atomic mass is 10.2. The first kappa shape index (κ1) is 18.8. The van der Waals surface area contributed by atoms with Gasteiger partial charge in [-0.25, -0.2) is 4.68 Å². The molecule has 2 heterocycles. The summed E-state index contributed by atoms with van der Waals surface area (Å²) in [6.45, 7) is 3.58. The van der Waals surface area contributed by atoms with Crippen LogP contribution in [0.4, 0.5) is 5.82 Å². The number of nitrogens with zero attached hydrogens (tertiary/aromatic N) is 2. The molecule has 1 aliphatic rings. The molecule has 1 amide bonds. The molecule has 0 aliphatic carbocycles. The summed E-state index contributed by atoms with van der Waals surface area (Å²) in [6.07, 6.45) is 0.503. The van der Waals surface area contributed by atoms with Crippen LogP contribution in [0.2, 0.25) is 0 Å². The third kappa shape index (κ3) is 5.26. The van der Waals surface area contributed by atoms with Crippen LogP contribution in [0.5, 0.6) is 0 Å². The first-order chi connectivity index (χ1) is 11.2. The van der Waals surface area contributed by atoms with Crippen LogP contribution in [-0.2, 0) is 11.3 Å². The van der Waals surface area contributed by atoms with Crippen LogP contribution < -0.4 is 10.6 Å². The Morgan fingerprint density at radius 3 is 2.92 bits per heavy atom. The number of amides is 1. The van der Waals surface area contributed by atoms with E-state index in [-0.39, 0.29) is 24.4 Å². The van der Waals surface area contributed by atoms with Gasteiger partial charge < -0.3 is 10.6 Å². The molecule has 1 atom stereocenters. The Hall–Kier alpha value is -1.50. The van der Waals surface area contributed by atoms with Gasteiger partial charge >= 0.3 is 0 Å². The SMILES string of the molecule is Cc1cc(NC(=O)CC2CSCCN2)n(Cc2ccccc2)n1.Cl. The zero-order valence-electron chi connectivity index (χ0n) is 13.7. The highest BCUT2D eigenvalue weighted by molar-refractivity contribution is 7.99. The maximum atomic E-state index is 12.3. The Kier molecular flexibility index (Phi) is 7.15. The van der Waals surface area contributed by atoms with Gasteiger partial charge in [0.2, 0.25) is 5.91 Å². The number of hydrogen-bond acceptors (Lipinski definition) is 4. The number of rotatable bonds is 5. The normalized spacial score (nSPS) is 17.1. The van der Waals surface area contributed by atoms with Crippen LogP contribution in [0.3, 0.4) is 0 Å². The molecule has 3 rings (SSSR count). The molecule has 1 saturated heterocycles. The summed E-state index contributed by atoms with van der Waals surface area (Å²) in [7, 11) is 0. The van der Waals surface area contributed by atoms with E-state index in [2.05, 4.69) is 27.9 Å². The first-order valence-electron chi connectivity index (χ1n) is 7.90. The predicted molar refractivity (Wildman–Crippen MR) is 102 cm³/mol. The van der Waals surface area contributed by atoms with Gasteiger partial charge in [-0.15, -0.1) is 12.4 Å². The van der Waals surface area contributed by atoms with Crippen molar-refractivity contribution in [3.63, 3.8) is 0 Å². The quantitative estimate of drug-likeness (QED) is 0.854. The largest absolute Gasteiger partial charge is 0.312 e. The van der Waals surface area contributed by atoms with Crippen LogP contribution in [0.15, 0.2) is 36.4 Å². The van der Waals surface area contributed by atoms with E-state index in [1.54, 1.807) is 0 Å². The number of hydrogen-bond donors (Lipinski definition) is 2. The van der Waals surface area contributed by atoms with Gasteiger partial charge in [-0.2, -0.15) is 16.9 Å². The third-order valence-corrected chi connectivity index (χ3v) is 4.91. The minimum Gasteiger partial charge on any atom is -0.312 e. The summed E-state index contributed by atoms with van der Waals surface area (Å²) in [5.41, 5.74) is 2.07. The lowest BCUT2D eigenvalue weighted by Crippen LogP contribution is -2.40. The summed E-state index contributed by atoms with van der Waals surface area (Å²) < 4.78 is 1.85. The Morgan fingerprint density at radius 2 is 2.21 bits per heavy atom. The van der Waals surface area contributed by atoms with E-state index in [1.165, 1.54) is 0 Å². The van der Waals surface area contributed by atoms with Gasteiger partial charge in [-0.1, -0.05) is 30.3 Å². The highest BCUT2D eigenvalue weighted by atomic mass is 35.5. The number of carbonyl (C=O) groups excluding carboxylic acids is 1. The van der Waals surface area contributed by atoms with Crippen LogP contribution in [0.25, 0.3) is 0 Å². The lowest BCUT2D eigenvalue weighted by Gasteiger charge is -2.22. The molecule has 2 aromatic rings. The number of benzene rings is 1. The van der Waals surface area contributed by atoms with Crippen LogP contribution >= 0.6 is 24.2 Å². The lowest BCUT2D eigenvalue weighted by molar-refractivity contribution is -0.116. The summed E-state index contributed by atoms with van der Waals surface area (Å²) in [5, 5.41) is 10.9. The molecule has 1 unspecified atom stereocenters. The summed E-state index contributed by atoms with van der Waals surface area (Å²) in [4.78, 5) is 12.3. The van der Waals surface area contributed by atoms with E-state index < -0.39 is 0 Å². The number of nitrogens with one attached hydrogen (secondary N) is 2. The maximum absolute atomic E-state index is 12.3. The molecule has 0 saturated carbocycles. The number of anilines is 1. The van der Waals surface area contributed by atoms with Crippen molar-refractivity contribution < 1.29 is 4.79 Å². The van der Waals surface area contributed by atoms with E-state index in [0.29, 0.717) is 13.0 Å². The van der Waals surface area contributed by atoms with Crippen LogP contribution in [-0.4, -0.2) is 39.8 Å². The second-order valence-corrected chi connectivity index (χ2v) is 6.94. The predicted octanol–water partition coefficient (Wildman–Crippen LogP) is 2.70. The minimum absolute atomic E-state index is 0. The zero-order valence-corrected chi connectivity index (χ0v) is 15.3. The second kappa shape index (κ2) is 9.11. The van der Waals surface area contributed by atoms with Gasteiger partial charge in [0.15, 0.2) is 0 Å². The highest BCUT2D eigenvalue weighted by Crippen LogP contribution is 2.15. The molecular formula is C17H23ClN4OS. The van der Waals surface area contributed by atoms with Gasteiger partial charge in [0, 0.05) is 36.6 Å². The van der Waals surface area contributed by atoms with Crippen molar-refractivity contribution in [2.45, 2.75) is 25.9 Å². The van der Waals surface area contributed by atoms with Gasteiger partial charge in [-0.05, 0) is 12.5 Å². The highest BCUT2D eigenvalue weighted by Gasteiger charge is 2.18. The molecule has 1 aromatic carbocycles. The number of aromatic nitrogens is 2. The molecule has 7 heteroatoms. The Balaban J connectivity index is 0.00000208. The fourth-order valence-corrected chi connectivity index (χ4v) is 3.64. The number of thioether (sulfide) groups is 1. The van der Waals surface area contributed by atoms with E-state index in [4.69, 9.17) is 0 Å². The Bertz CT molecular complexity index is 656. The molecule has 0 spiro atoms. The zero-order chi connectivity index (χ0) is 16.1. The average molecular weight is 367 g/mol. The molecule has 0 bridgehead atoms. The standard InChI is InChI=1S/C17H22N4OS.ClH/c1-13-9-16(19-17(22)10-15-12-23-8-7-18-15)21(20-13)11-14-5-3-2-4-6-14;/h2-6,9,15,18H,7-8,10-12H2,1H3,(H,19,22);1H. The van der Waals surface area contributed by atoms with Crippen molar-refractivity contribution in [1.82, 2.24) is 15.1 Å². The Labute approximate surface area is 153 Å². The Morgan fingerprint density at radius 1 is 1.42 bits per heavy atom. The van der Waals surface area contributed by atoms with E-state index in [0.717, 1.165) is 35.1 Å². The second-order valence-electron chi connectivity index (χ2n) is 5.79. The van der Waals surface area contributed by atoms with Gasteiger partial charge in [-0.3, -0.25) is 4.79 Å². The van der Waals surface area contributed by atoms with Gasteiger partial charge in [0.05, 0.1) is 12.2 Å². The summed E-state index contributed by atoms with van der Waals surface area (Å²) in [5.74, 6) is 2.93. The molecular weight excluding hydrogens is 344 g/mol. The van der Waals surface area contributed by atoms with Crippen LogP contribution in [0, 0.1) is 6.92 Å². The van der Waals surface area contributed by atoms with Gasteiger partial charge in [0.25, 0.3) is 0 Å². The monoisotopic (exact) mass is 366 g/mol. The van der Waals surface area contributed by atoms with Gasteiger partial charge in [0.1, 0.15) is 5.82 Å². The first-order valence-corrected chi connectivity index (χ1v) is 9.05. The van der Waals surface area contributed by atoms with E-state index >= 15 is 0 Å². The smallest absolute Gasteiger partial charge is 0.227 e. The van der Waals surface area contributed by atoms with Crippen molar-refractivity contribution in [3.05, 3.63) is 47.7 Å². The number of aryl methyl sites for hydroxylation is 1. The molecule has 1 aliphatic heterocycles. The molecule has 5 nitrogen and oxygen atoms in total. The van der Waals surface area contributed by atoms with E-state index in [1.807, 2.05) is 47.6 Å². The molecule has 130 valence electrons. The van der Waals surface area contributed by atoms with Crippen molar-refractivity contribution in [1.29, 1.82) is 0 Å². The third-order valence-electron chi connectivity index (χ3n) is 3.78. The van der Waals surface area contributed by atoms with Crippen LogP contribution in [0.1, 0.15) is 17.7 Å². The average Bonchev–Trinajstić information content (AvgIpc) is 2.88. The fourth-order valence-electron chi connectivity index (χ4n) is 2.69. The van der Waals surface area contributed by atoms with Crippen molar-refractivity contribution in [2.24, 2.45) is 0 Å². The summed E-state index contributed by atoms with van der Waals surface area (Å²) >= 11 is 1.90. The molecule has 0 radical (unpaired) electrons. The molecule has 24 heavy (non-hydrogen) atoms. The van der Waals surface area contributed by atoms with E-state index in [9.17, 15) is 4.79 Å². The molecule has 1 fully saturated rings. The topological polar surface area (TPSA) is 59.0 Å². The minimum atomic E-state index is 0. The van der Waals surface area contributed by atoms with Crippen molar-refractivity contribution >= 4 is 35.9 Å². The molecule has 1 aromatic heterocycles. The maximum Gasteiger partial charge on any atom is 0.227 e. The summed E-state index contributed by atoms with van der Waals surface area (Å²) in [6, 6.07) is 12.3. The fraction of sp³-hybridized carbons (Fsp3) is 0.412.